The van der Waals surface area contributed by atoms with Gasteiger partial charge in [-0.15, -0.1) is 0 Å². The van der Waals surface area contributed by atoms with Gasteiger partial charge in [0.15, 0.2) is 0 Å². The molecule has 2 aromatic rings. The second-order valence-corrected chi connectivity index (χ2v) is 6.98. The molecule has 0 saturated carbocycles. The van der Waals surface area contributed by atoms with Crippen molar-refractivity contribution in [1.29, 1.82) is 0 Å². The molecule has 10 heteroatoms. The number of pyridine rings is 1. The van der Waals surface area contributed by atoms with E-state index in [9.17, 15) is 19.7 Å². The molecule has 10 nitrogen and oxygen atoms in total. The minimum atomic E-state index is -0.689. The Morgan fingerprint density at radius 3 is 2.38 bits per heavy atom. The lowest BCUT2D eigenvalue weighted by Gasteiger charge is -2.12. The van der Waals surface area contributed by atoms with Crippen LogP contribution in [-0.2, 0) is 4.74 Å². The topological polar surface area (TPSA) is 118 Å². The monoisotopic (exact) mass is 434 g/mol. The molecule has 0 atom stereocenters. The number of carbonyl (C=O) groups excluding carboxylic acids is 1. The van der Waals surface area contributed by atoms with Crippen LogP contribution >= 0.6 is 0 Å². The van der Waals surface area contributed by atoms with Crippen LogP contribution in [-0.4, -0.2) is 39.5 Å². The second kappa shape index (κ2) is 7.99. The zero-order valence-corrected chi connectivity index (χ0v) is 17.4. The van der Waals surface area contributed by atoms with Crippen molar-refractivity contribution in [2.75, 3.05) is 14.2 Å². The summed E-state index contributed by atoms with van der Waals surface area (Å²) in [5.41, 5.74) is 1.23. The van der Waals surface area contributed by atoms with Crippen molar-refractivity contribution in [2.45, 2.75) is 6.92 Å². The first-order valence-corrected chi connectivity index (χ1v) is 9.47. The van der Waals surface area contributed by atoms with Crippen LogP contribution in [0.1, 0.15) is 15.9 Å². The number of fused-ring (bicyclic) bond motifs is 1. The minimum absolute atomic E-state index is 0.0533. The summed E-state index contributed by atoms with van der Waals surface area (Å²) >= 11 is 0. The maximum Gasteiger partial charge on any atom is 0.341 e. The third-order valence-corrected chi connectivity index (χ3v) is 5.08. The van der Waals surface area contributed by atoms with Crippen molar-refractivity contribution in [3.05, 3.63) is 86.5 Å². The molecule has 0 N–H and O–H groups in total. The summed E-state index contributed by atoms with van der Waals surface area (Å²) in [4.78, 5) is 36.5. The number of carbonyl (C=O) groups is 1. The molecular formula is C22H18N4O6. The molecule has 2 heterocycles. The van der Waals surface area contributed by atoms with E-state index in [2.05, 4.69) is 5.10 Å². The average Bonchev–Trinajstić information content (AvgIpc) is 3.14. The smallest absolute Gasteiger partial charge is 0.341 e. The highest BCUT2D eigenvalue weighted by atomic mass is 16.6. The van der Waals surface area contributed by atoms with Crippen molar-refractivity contribution in [2.24, 2.45) is 0 Å². The van der Waals surface area contributed by atoms with E-state index >= 15 is 0 Å². The zero-order chi connectivity index (χ0) is 23.0. The van der Waals surface area contributed by atoms with Gasteiger partial charge >= 0.3 is 5.97 Å². The number of benzene rings is 2. The maximum atomic E-state index is 13.2. The molecule has 0 spiro atoms. The largest absolute Gasteiger partial charge is 0.497 e. The Hall–Kier alpha value is -4.47. The fraction of sp³-hybridized carbons (Fsp3) is 0.136. The van der Waals surface area contributed by atoms with Crippen LogP contribution in [0.5, 0.6) is 5.75 Å². The summed E-state index contributed by atoms with van der Waals surface area (Å²) < 4.78 is 12.7. The molecule has 0 saturated heterocycles. The predicted octanol–water partition coefficient (Wildman–Crippen LogP) is 3.14. The van der Waals surface area contributed by atoms with Gasteiger partial charge in [0.25, 0.3) is 11.2 Å². The molecule has 2 aliphatic rings. The number of hydrogen-bond donors (Lipinski definition) is 0. The van der Waals surface area contributed by atoms with E-state index in [0.717, 1.165) is 0 Å². The van der Waals surface area contributed by atoms with E-state index in [0.29, 0.717) is 22.7 Å². The number of esters is 1. The van der Waals surface area contributed by atoms with Crippen LogP contribution < -0.4 is 10.3 Å². The summed E-state index contributed by atoms with van der Waals surface area (Å²) in [6.45, 7) is 1.63. The Morgan fingerprint density at radius 2 is 1.75 bits per heavy atom. The van der Waals surface area contributed by atoms with Crippen molar-refractivity contribution in [1.82, 2.24) is 14.3 Å². The Kier molecular flexibility index (Phi) is 5.19. The number of nitro groups is 1. The van der Waals surface area contributed by atoms with Crippen molar-refractivity contribution in [3.63, 3.8) is 0 Å². The highest BCUT2D eigenvalue weighted by molar-refractivity contribution is 5.96. The molecule has 0 unspecified atom stereocenters. The minimum Gasteiger partial charge on any atom is -0.497 e. The van der Waals surface area contributed by atoms with Crippen LogP contribution in [0.2, 0.25) is 0 Å². The SMILES string of the molecule is COC(=O)c1cn(-c2ccc(C)c([N+](=O)[O-])c2)cc2c(=O)n(-c3ccc(OC)cc3)nc1-2. The number of nitrogens with zero attached hydrogens (tertiary/aromatic N) is 4. The van der Waals surface area contributed by atoms with Gasteiger partial charge in [0.2, 0.25) is 0 Å². The number of ether oxygens (including phenoxy) is 2. The number of aromatic nitrogens is 3. The van der Waals surface area contributed by atoms with Gasteiger partial charge in [0, 0.05) is 24.0 Å². The van der Waals surface area contributed by atoms with Crippen LogP contribution in [0, 0.1) is 17.0 Å². The van der Waals surface area contributed by atoms with Crippen molar-refractivity contribution < 1.29 is 19.2 Å². The molecule has 0 aliphatic carbocycles. The Bertz CT molecular complexity index is 1370. The molecule has 0 aromatic heterocycles. The summed E-state index contributed by atoms with van der Waals surface area (Å²) in [5, 5.41) is 15.7. The van der Waals surface area contributed by atoms with Gasteiger partial charge in [-0.3, -0.25) is 14.9 Å². The number of rotatable bonds is 5. The van der Waals surface area contributed by atoms with Gasteiger partial charge < -0.3 is 14.0 Å². The van der Waals surface area contributed by atoms with Gasteiger partial charge in [0.1, 0.15) is 17.0 Å². The number of methoxy groups -OCH3 is 2. The lowest BCUT2D eigenvalue weighted by Crippen LogP contribution is -2.15. The molecule has 0 bridgehead atoms. The van der Waals surface area contributed by atoms with Crippen LogP contribution in [0.15, 0.2) is 59.7 Å². The van der Waals surface area contributed by atoms with Gasteiger partial charge in [0.05, 0.1) is 36.1 Å². The molecule has 162 valence electrons. The Balaban J connectivity index is 1.95. The molecule has 2 aromatic carbocycles. The van der Waals surface area contributed by atoms with Gasteiger partial charge in [-0.2, -0.15) is 9.78 Å². The van der Waals surface area contributed by atoms with Gasteiger partial charge in [-0.05, 0) is 37.3 Å². The maximum absolute atomic E-state index is 13.2. The molecule has 2 aliphatic heterocycles. The Labute approximate surface area is 181 Å². The normalized spacial score (nSPS) is 10.8. The summed E-state index contributed by atoms with van der Waals surface area (Å²) in [6.07, 6.45) is 2.93. The summed E-state index contributed by atoms with van der Waals surface area (Å²) in [7, 11) is 2.76. The van der Waals surface area contributed by atoms with Gasteiger partial charge in [-0.1, -0.05) is 6.07 Å². The second-order valence-electron chi connectivity index (χ2n) is 6.98. The van der Waals surface area contributed by atoms with Gasteiger partial charge in [-0.25, -0.2) is 4.79 Å². The standard InChI is InChI=1S/C22H18N4O6/c1-13-4-5-15(10-19(13)26(29)30)24-11-17-20(18(12-24)22(28)32-3)23-25(21(17)27)14-6-8-16(31-2)9-7-14/h4-12H,1-3H3. The van der Waals surface area contributed by atoms with Crippen molar-refractivity contribution >= 4 is 11.7 Å². The Morgan fingerprint density at radius 1 is 1.06 bits per heavy atom. The first kappa shape index (κ1) is 20.8. The highest BCUT2D eigenvalue weighted by Gasteiger charge is 2.25. The lowest BCUT2D eigenvalue weighted by atomic mass is 10.1. The third kappa shape index (κ3) is 3.47. The highest BCUT2D eigenvalue weighted by Crippen LogP contribution is 2.27. The third-order valence-electron chi connectivity index (χ3n) is 5.08. The van der Waals surface area contributed by atoms with E-state index in [1.165, 1.54) is 41.9 Å². The van der Waals surface area contributed by atoms with E-state index in [-0.39, 0.29) is 22.5 Å². The first-order chi connectivity index (χ1) is 15.3. The molecule has 32 heavy (non-hydrogen) atoms. The average molecular weight is 434 g/mol. The number of nitro benzene ring substituents is 1. The number of hydrogen-bond acceptors (Lipinski definition) is 7. The molecule has 0 radical (unpaired) electrons. The quantitative estimate of drug-likeness (QED) is 0.269. The predicted molar refractivity (Wildman–Crippen MR) is 115 cm³/mol. The van der Waals surface area contributed by atoms with E-state index in [4.69, 9.17) is 9.47 Å². The van der Waals surface area contributed by atoms with Crippen LogP contribution in [0.25, 0.3) is 22.6 Å². The lowest BCUT2D eigenvalue weighted by molar-refractivity contribution is -0.385. The van der Waals surface area contributed by atoms with E-state index < -0.39 is 16.5 Å². The zero-order valence-electron chi connectivity index (χ0n) is 17.4. The number of aryl methyl sites for hydroxylation is 1. The van der Waals surface area contributed by atoms with E-state index in [1.807, 2.05) is 0 Å². The molecular weight excluding hydrogens is 416 g/mol. The van der Waals surface area contributed by atoms with Crippen LogP contribution in [0.3, 0.4) is 0 Å². The fourth-order valence-corrected chi connectivity index (χ4v) is 3.37. The first-order valence-electron chi connectivity index (χ1n) is 9.47. The van der Waals surface area contributed by atoms with Crippen LogP contribution in [0.4, 0.5) is 5.69 Å². The fourth-order valence-electron chi connectivity index (χ4n) is 3.37. The molecule has 0 fully saturated rings. The summed E-state index contributed by atoms with van der Waals surface area (Å²) in [5.74, 6) is -0.0719. The van der Waals surface area contributed by atoms with Crippen molar-refractivity contribution in [3.8, 4) is 28.4 Å². The van der Waals surface area contributed by atoms with E-state index in [1.54, 1.807) is 43.3 Å². The molecule has 0 amide bonds. The summed E-state index contributed by atoms with van der Waals surface area (Å²) in [6, 6.07) is 11.3. The molecule has 4 rings (SSSR count).